The number of amides is 2. The van der Waals surface area contributed by atoms with Crippen LogP contribution in [0.25, 0.3) is 0 Å². The lowest BCUT2D eigenvalue weighted by Crippen LogP contribution is -2.41. The Hall–Kier alpha value is -1.73. The number of carbonyl (C=O) groups is 1. The monoisotopic (exact) mass is 262 g/mol. The van der Waals surface area contributed by atoms with Crippen LogP contribution in [0, 0.1) is 0 Å². The van der Waals surface area contributed by atoms with Crippen LogP contribution in [0.1, 0.15) is 19.3 Å². The quantitative estimate of drug-likeness (QED) is 0.876. The Balaban J connectivity index is 1.83. The first-order valence-electron chi connectivity index (χ1n) is 5.60. The Morgan fingerprint density at radius 1 is 1.50 bits per heavy atom. The van der Waals surface area contributed by atoms with Gasteiger partial charge in [0.05, 0.1) is 0 Å². The number of rotatable bonds is 3. The van der Waals surface area contributed by atoms with Crippen molar-refractivity contribution in [3.05, 3.63) is 12.3 Å². The van der Waals surface area contributed by atoms with Gasteiger partial charge in [0.25, 0.3) is 0 Å². The number of carbonyl (C=O) groups excluding carboxylic acids is 1. The fourth-order valence-electron chi connectivity index (χ4n) is 1.59. The molecule has 0 atom stereocenters. The Labute approximate surface area is 101 Å². The first-order chi connectivity index (χ1) is 8.42. The molecular weight excluding hydrogens is 249 g/mol. The lowest BCUT2D eigenvalue weighted by Gasteiger charge is -2.26. The highest BCUT2D eigenvalue weighted by molar-refractivity contribution is 5.88. The molecule has 0 spiro atoms. The van der Waals surface area contributed by atoms with E-state index in [-0.39, 0.29) is 11.9 Å². The van der Waals surface area contributed by atoms with Gasteiger partial charge in [-0.25, -0.2) is 4.79 Å². The van der Waals surface area contributed by atoms with E-state index in [1.54, 1.807) is 0 Å². The topological polar surface area (TPSA) is 59.0 Å². The van der Waals surface area contributed by atoms with Crippen molar-refractivity contribution in [2.24, 2.45) is 0 Å². The third-order valence-corrected chi connectivity index (χ3v) is 2.66. The van der Waals surface area contributed by atoms with E-state index in [2.05, 4.69) is 15.7 Å². The van der Waals surface area contributed by atoms with E-state index in [1.807, 2.05) is 0 Å². The summed E-state index contributed by atoms with van der Waals surface area (Å²) >= 11 is 0. The van der Waals surface area contributed by atoms with Crippen LogP contribution in [0.15, 0.2) is 12.3 Å². The minimum absolute atomic E-state index is 0.107. The van der Waals surface area contributed by atoms with Crippen molar-refractivity contribution in [1.29, 1.82) is 0 Å². The maximum atomic E-state index is 12.1. The van der Waals surface area contributed by atoms with Gasteiger partial charge in [0.2, 0.25) is 0 Å². The van der Waals surface area contributed by atoms with Gasteiger partial charge in [-0.15, -0.1) is 0 Å². The number of nitrogens with zero attached hydrogens (tertiary/aromatic N) is 2. The van der Waals surface area contributed by atoms with Crippen molar-refractivity contribution in [3.8, 4) is 0 Å². The first kappa shape index (κ1) is 12.7. The van der Waals surface area contributed by atoms with Gasteiger partial charge in [-0.1, -0.05) is 0 Å². The van der Waals surface area contributed by atoms with Gasteiger partial charge in [-0.2, -0.15) is 18.3 Å². The highest BCUT2D eigenvalue weighted by Crippen LogP contribution is 2.19. The summed E-state index contributed by atoms with van der Waals surface area (Å²) in [5, 5.41) is 8.71. The van der Waals surface area contributed by atoms with Gasteiger partial charge in [0, 0.05) is 18.3 Å². The second-order valence-corrected chi connectivity index (χ2v) is 4.24. The van der Waals surface area contributed by atoms with E-state index in [1.165, 1.54) is 12.3 Å². The van der Waals surface area contributed by atoms with Gasteiger partial charge >= 0.3 is 12.2 Å². The minimum atomic E-state index is -4.32. The number of urea groups is 1. The average molecular weight is 262 g/mol. The fraction of sp³-hybridized carbons (Fsp3) is 0.600. The Kier molecular flexibility index (Phi) is 3.44. The van der Waals surface area contributed by atoms with Gasteiger partial charge in [-0.3, -0.25) is 10.00 Å². The summed E-state index contributed by atoms with van der Waals surface area (Å²) in [5.41, 5.74) is 0. The van der Waals surface area contributed by atoms with Crippen LogP contribution in [-0.4, -0.2) is 28.0 Å². The fourth-order valence-corrected chi connectivity index (χ4v) is 1.59. The number of hydrogen-bond acceptors (Lipinski definition) is 2. The number of aromatic nitrogens is 2. The number of nitrogens with one attached hydrogen (secondary N) is 2. The summed E-state index contributed by atoms with van der Waals surface area (Å²) in [5.74, 6) is 0.107. The van der Waals surface area contributed by atoms with Crippen LogP contribution in [-0.2, 0) is 6.54 Å². The molecule has 2 N–H and O–H groups in total. The standard InChI is InChI=1S/C10H13F3N4O/c11-10(12,13)6-17-5-4-8(16-17)15-9(18)14-7-2-1-3-7/h4-5,7H,1-3,6H2,(H2,14,15,16,18). The van der Waals surface area contributed by atoms with E-state index in [0.29, 0.717) is 0 Å². The van der Waals surface area contributed by atoms with Crippen molar-refractivity contribution < 1.29 is 18.0 Å². The van der Waals surface area contributed by atoms with Crippen LogP contribution >= 0.6 is 0 Å². The summed E-state index contributed by atoms with van der Waals surface area (Å²) < 4.78 is 37.0. The van der Waals surface area contributed by atoms with Crippen LogP contribution < -0.4 is 10.6 Å². The van der Waals surface area contributed by atoms with Gasteiger partial charge in [0.15, 0.2) is 5.82 Å². The Morgan fingerprint density at radius 2 is 2.22 bits per heavy atom. The lowest BCUT2D eigenvalue weighted by atomic mass is 9.93. The molecule has 18 heavy (non-hydrogen) atoms. The van der Waals surface area contributed by atoms with Crippen LogP contribution in [0.4, 0.5) is 23.8 Å². The average Bonchev–Trinajstić information content (AvgIpc) is 2.56. The highest BCUT2D eigenvalue weighted by Gasteiger charge is 2.28. The molecule has 0 aliphatic heterocycles. The zero-order chi connectivity index (χ0) is 13.2. The molecular formula is C10H13F3N4O. The molecule has 0 radical (unpaired) electrons. The molecule has 1 saturated carbocycles. The van der Waals surface area contributed by atoms with Crippen molar-refractivity contribution in [1.82, 2.24) is 15.1 Å². The van der Waals surface area contributed by atoms with Crippen molar-refractivity contribution in [2.75, 3.05) is 5.32 Å². The largest absolute Gasteiger partial charge is 0.408 e. The summed E-state index contributed by atoms with van der Waals surface area (Å²) in [7, 11) is 0. The second-order valence-electron chi connectivity index (χ2n) is 4.24. The summed E-state index contributed by atoms with van der Waals surface area (Å²) in [6.07, 6.45) is -0.180. The summed E-state index contributed by atoms with van der Waals surface area (Å²) in [6.45, 7) is -1.17. The predicted octanol–water partition coefficient (Wildman–Crippen LogP) is 2.12. The van der Waals surface area contributed by atoms with Crippen molar-refractivity contribution in [2.45, 2.75) is 38.0 Å². The molecule has 5 nitrogen and oxygen atoms in total. The molecule has 2 amide bonds. The predicted molar refractivity (Wildman–Crippen MR) is 58.1 cm³/mol. The third-order valence-electron chi connectivity index (χ3n) is 2.66. The molecule has 0 saturated heterocycles. The van der Waals surface area contributed by atoms with Crippen molar-refractivity contribution >= 4 is 11.8 Å². The number of hydrogen-bond donors (Lipinski definition) is 2. The molecule has 0 aromatic carbocycles. The molecule has 0 unspecified atom stereocenters. The molecule has 1 heterocycles. The molecule has 1 fully saturated rings. The third kappa shape index (κ3) is 3.64. The molecule has 0 bridgehead atoms. The summed E-state index contributed by atoms with van der Waals surface area (Å²) in [4.78, 5) is 11.4. The normalized spacial score (nSPS) is 16.2. The van der Waals surface area contributed by atoms with Crippen LogP contribution in [0.5, 0.6) is 0 Å². The van der Waals surface area contributed by atoms with Crippen LogP contribution in [0.3, 0.4) is 0 Å². The van der Waals surface area contributed by atoms with E-state index in [9.17, 15) is 18.0 Å². The number of anilines is 1. The van der Waals surface area contributed by atoms with Gasteiger partial charge < -0.3 is 5.32 Å². The molecule has 8 heteroatoms. The number of halogens is 3. The molecule has 2 rings (SSSR count). The Bertz CT molecular complexity index is 425. The first-order valence-corrected chi connectivity index (χ1v) is 5.60. The minimum Gasteiger partial charge on any atom is -0.335 e. The van der Waals surface area contributed by atoms with E-state index in [4.69, 9.17) is 0 Å². The lowest BCUT2D eigenvalue weighted by molar-refractivity contribution is -0.142. The van der Waals surface area contributed by atoms with Gasteiger partial charge in [-0.05, 0) is 19.3 Å². The zero-order valence-corrected chi connectivity index (χ0v) is 9.50. The molecule has 1 aliphatic rings. The van der Waals surface area contributed by atoms with Crippen LogP contribution in [0.2, 0.25) is 0 Å². The highest BCUT2D eigenvalue weighted by atomic mass is 19.4. The maximum absolute atomic E-state index is 12.1. The maximum Gasteiger partial charge on any atom is 0.408 e. The molecule has 1 aliphatic carbocycles. The van der Waals surface area contributed by atoms with E-state index >= 15 is 0 Å². The molecule has 1 aromatic heterocycles. The van der Waals surface area contributed by atoms with Crippen molar-refractivity contribution in [3.63, 3.8) is 0 Å². The molecule has 100 valence electrons. The Morgan fingerprint density at radius 3 is 2.78 bits per heavy atom. The number of alkyl halides is 3. The zero-order valence-electron chi connectivity index (χ0n) is 9.50. The van der Waals surface area contributed by atoms with Gasteiger partial charge in [0.1, 0.15) is 6.54 Å². The van der Waals surface area contributed by atoms with E-state index in [0.717, 1.165) is 23.9 Å². The second kappa shape index (κ2) is 4.87. The SMILES string of the molecule is O=C(Nc1ccn(CC(F)(F)F)n1)NC1CCC1. The smallest absolute Gasteiger partial charge is 0.335 e. The molecule has 1 aromatic rings. The summed E-state index contributed by atoms with van der Waals surface area (Å²) in [6, 6.07) is 1.06. The van der Waals surface area contributed by atoms with E-state index < -0.39 is 18.8 Å².